The SMILES string of the molecule is COc1ccc(/C=N/NC(=O)COc2ccc(C)cc2[N+](=O)[O-])cc1OC. The van der Waals surface area contributed by atoms with Gasteiger partial charge < -0.3 is 14.2 Å². The Morgan fingerprint density at radius 3 is 2.52 bits per heavy atom. The molecule has 1 amide bonds. The molecule has 2 aromatic carbocycles. The summed E-state index contributed by atoms with van der Waals surface area (Å²) in [6.07, 6.45) is 1.42. The number of nitro benzene ring substituents is 1. The molecule has 0 aliphatic heterocycles. The maximum atomic E-state index is 11.8. The third-order valence-corrected chi connectivity index (χ3v) is 3.48. The number of carbonyl (C=O) groups excluding carboxylic acids is 1. The fourth-order valence-corrected chi connectivity index (χ4v) is 2.18. The third-order valence-electron chi connectivity index (χ3n) is 3.48. The summed E-state index contributed by atoms with van der Waals surface area (Å²) in [5, 5.41) is 14.8. The summed E-state index contributed by atoms with van der Waals surface area (Å²) in [6, 6.07) is 9.64. The number of rotatable bonds is 8. The fraction of sp³-hybridized carbons (Fsp3) is 0.222. The zero-order valence-electron chi connectivity index (χ0n) is 15.1. The van der Waals surface area contributed by atoms with Crippen LogP contribution in [-0.2, 0) is 4.79 Å². The Bertz CT molecular complexity index is 866. The van der Waals surface area contributed by atoms with Crippen LogP contribution in [0.25, 0.3) is 0 Å². The molecule has 0 aromatic heterocycles. The van der Waals surface area contributed by atoms with Gasteiger partial charge in [0.1, 0.15) is 0 Å². The van der Waals surface area contributed by atoms with Crippen LogP contribution >= 0.6 is 0 Å². The Morgan fingerprint density at radius 1 is 1.15 bits per heavy atom. The van der Waals surface area contributed by atoms with E-state index < -0.39 is 17.4 Å². The zero-order valence-corrected chi connectivity index (χ0v) is 15.1. The minimum atomic E-state index is -0.560. The Labute approximate surface area is 155 Å². The van der Waals surface area contributed by atoms with E-state index in [-0.39, 0.29) is 11.4 Å². The van der Waals surface area contributed by atoms with E-state index in [1.54, 1.807) is 31.2 Å². The van der Waals surface area contributed by atoms with Gasteiger partial charge >= 0.3 is 5.69 Å². The van der Waals surface area contributed by atoms with Crippen molar-refractivity contribution in [1.82, 2.24) is 5.43 Å². The van der Waals surface area contributed by atoms with Gasteiger partial charge in [-0.25, -0.2) is 5.43 Å². The van der Waals surface area contributed by atoms with Crippen molar-refractivity contribution in [3.8, 4) is 17.2 Å². The molecule has 2 aromatic rings. The van der Waals surface area contributed by atoms with Gasteiger partial charge in [-0.15, -0.1) is 0 Å². The van der Waals surface area contributed by atoms with Crippen LogP contribution in [0.3, 0.4) is 0 Å². The number of hydrogen-bond donors (Lipinski definition) is 1. The normalized spacial score (nSPS) is 10.5. The zero-order chi connectivity index (χ0) is 19.8. The summed E-state index contributed by atoms with van der Waals surface area (Å²) in [5.74, 6) is 0.570. The number of methoxy groups -OCH3 is 2. The second kappa shape index (κ2) is 9.18. The number of hydrogen-bond acceptors (Lipinski definition) is 7. The molecule has 0 radical (unpaired) electrons. The van der Waals surface area contributed by atoms with Crippen molar-refractivity contribution >= 4 is 17.8 Å². The molecule has 0 unspecified atom stereocenters. The molecule has 142 valence electrons. The van der Waals surface area contributed by atoms with Crippen molar-refractivity contribution in [2.24, 2.45) is 5.10 Å². The van der Waals surface area contributed by atoms with Crippen LogP contribution in [0.5, 0.6) is 17.2 Å². The number of hydrazone groups is 1. The van der Waals surface area contributed by atoms with E-state index in [1.165, 1.54) is 32.6 Å². The van der Waals surface area contributed by atoms with Crippen molar-refractivity contribution in [1.29, 1.82) is 0 Å². The first-order valence-corrected chi connectivity index (χ1v) is 7.86. The van der Waals surface area contributed by atoms with Crippen LogP contribution in [0, 0.1) is 17.0 Å². The first-order chi connectivity index (χ1) is 12.9. The van der Waals surface area contributed by atoms with Crippen molar-refractivity contribution in [2.75, 3.05) is 20.8 Å². The average Bonchev–Trinajstić information content (AvgIpc) is 2.66. The molecule has 0 saturated carbocycles. The maximum absolute atomic E-state index is 11.8. The number of carbonyl (C=O) groups is 1. The molecule has 0 fully saturated rings. The number of amides is 1. The molecule has 27 heavy (non-hydrogen) atoms. The smallest absolute Gasteiger partial charge is 0.311 e. The van der Waals surface area contributed by atoms with Gasteiger partial charge in [0.15, 0.2) is 23.9 Å². The van der Waals surface area contributed by atoms with Crippen molar-refractivity contribution < 1.29 is 23.9 Å². The van der Waals surface area contributed by atoms with Crippen molar-refractivity contribution in [3.63, 3.8) is 0 Å². The Hall–Kier alpha value is -3.62. The number of benzene rings is 2. The number of nitro groups is 1. The van der Waals surface area contributed by atoms with Gasteiger partial charge in [-0.3, -0.25) is 14.9 Å². The lowest BCUT2D eigenvalue weighted by atomic mass is 10.2. The molecule has 9 nitrogen and oxygen atoms in total. The van der Waals surface area contributed by atoms with Gasteiger partial charge in [-0.1, -0.05) is 6.07 Å². The largest absolute Gasteiger partial charge is 0.493 e. The highest BCUT2D eigenvalue weighted by Gasteiger charge is 2.16. The first kappa shape index (κ1) is 19.7. The second-order valence-electron chi connectivity index (χ2n) is 5.42. The van der Waals surface area contributed by atoms with E-state index in [4.69, 9.17) is 14.2 Å². The molecule has 0 atom stereocenters. The minimum absolute atomic E-state index is 0.0182. The summed E-state index contributed by atoms with van der Waals surface area (Å²) >= 11 is 0. The van der Waals surface area contributed by atoms with Crippen LogP contribution in [0.4, 0.5) is 5.69 Å². The van der Waals surface area contributed by atoms with Crippen molar-refractivity contribution in [3.05, 3.63) is 57.6 Å². The Kier molecular flexibility index (Phi) is 6.70. The molecule has 0 saturated heterocycles. The van der Waals surface area contributed by atoms with Gasteiger partial charge in [0.05, 0.1) is 25.4 Å². The first-order valence-electron chi connectivity index (χ1n) is 7.86. The van der Waals surface area contributed by atoms with E-state index in [2.05, 4.69) is 10.5 Å². The number of nitrogens with zero attached hydrogens (tertiary/aromatic N) is 2. The Balaban J connectivity index is 1.93. The fourth-order valence-electron chi connectivity index (χ4n) is 2.18. The summed E-state index contributed by atoms with van der Waals surface area (Å²) in [6.45, 7) is 1.32. The van der Waals surface area contributed by atoms with E-state index in [0.717, 1.165) is 5.56 Å². The minimum Gasteiger partial charge on any atom is -0.493 e. The number of aryl methyl sites for hydroxylation is 1. The van der Waals surface area contributed by atoms with Crippen LogP contribution in [0.2, 0.25) is 0 Å². The predicted molar refractivity (Wildman–Crippen MR) is 98.6 cm³/mol. The molecule has 0 spiro atoms. The van der Waals surface area contributed by atoms with Gasteiger partial charge in [-0.2, -0.15) is 5.10 Å². The molecule has 9 heteroatoms. The molecular weight excluding hydrogens is 354 g/mol. The van der Waals surface area contributed by atoms with Crippen molar-refractivity contribution in [2.45, 2.75) is 6.92 Å². The average molecular weight is 373 g/mol. The van der Waals surface area contributed by atoms with Crippen LogP contribution < -0.4 is 19.6 Å². The van der Waals surface area contributed by atoms with Gasteiger partial charge in [0, 0.05) is 6.07 Å². The number of ether oxygens (including phenoxy) is 3. The lowest BCUT2D eigenvalue weighted by Gasteiger charge is -2.07. The van der Waals surface area contributed by atoms with E-state index >= 15 is 0 Å². The molecule has 1 N–H and O–H groups in total. The standard InChI is InChI=1S/C18H19N3O6/c1-12-4-6-15(14(8-12)21(23)24)27-11-18(22)20-19-10-13-5-7-16(25-2)17(9-13)26-3/h4-10H,11H2,1-3H3,(H,20,22)/b19-10+. The lowest BCUT2D eigenvalue weighted by molar-refractivity contribution is -0.385. The van der Waals surface area contributed by atoms with Gasteiger partial charge in [-0.05, 0) is 42.3 Å². The molecule has 2 rings (SSSR count). The highest BCUT2D eigenvalue weighted by molar-refractivity contribution is 5.83. The van der Waals surface area contributed by atoms with E-state index in [9.17, 15) is 14.9 Å². The molecule has 0 aliphatic rings. The summed E-state index contributed by atoms with van der Waals surface area (Å²) in [7, 11) is 3.05. The van der Waals surface area contributed by atoms with E-state index in [1.807, 2.05) is 0 Å². The molecule has 0 aliphatic carbocycles. The topological polar surface area (TPSA) is 112 Å². The molecule has 0 bridgehead atoms. The van der Waals surface area contributed by atoms with Crippen LogP contribution in [0.15, 0.2) is 41.5 Å². The summed E-state index contributed by atoms with van der Waals surface area (Å²) in [4.78, 5) is 22.3. The quantitative estimate of drug-likeness (QED) is 0.432. The van der Waals surface area contributed by atoms with Crippen LogP contribution in [-0.4, -0.2) is 37.9 Å². The maximum Gasteiger partial charge on any atom is 0.311 e. The molecular formula is C18H19N3O6. The Morgan fingerprint density at radius 2 is 1.85 bits per heavy atom. The summed E-state index contributed by atoms with van der Waals surface area (Å²) < 4.78 is 15.5. The van der Waals surface area contributed by atoms with Gasteiger partial charge in [0.2, 0.25) is 0 Å². The summed E-state index contributed by atoms with van der Waals surface area (Å²) in [5.41, 5.74) is 3.50. The third kappa shape index (κ3) is 5.43. The van der Waals surface area contributed by atoms with E-state index in [0.29, 0.717) is 17.1 Å². The highest BCUT2D eigenvalue weighted by atomic mass is 16.6. The highest BCUT2D eigenvalue weighted by Crippen LogP contribution is 2.28. The number of nitrogens with one attached hydrogen (secondary N) is 1. The molecule has 0 heterocycles. The van der Waals surface area contributed by atoms with Gasteiger partial charge in [0.25, 0.3) is 5.91 Å². The monoisotopic (exact) mass is 373 g/mol. The van der Waals surface area contributed by atoms with Crippen LogP contribution in [0.1, 0.15) is 11.1 Å². The lowest BCUT2D eigenvalue weighted by Crippen LogP contribution is -2.24. The second-order valence-corrected chi connectivity index (χ2v) is 5.42. The predicted octanol–water partition coefficient (Wildman–Crippen LogP) is 2.45.